The van der Waals surface area contributed by atoms with Gasteiger partial charge in [0.15, 0.2) is 0 Å². The first-order valence-electron chi connectivity index (χ1n) is 7.37. The van der Waals surface area contributed by atoms with Crippen molar-refractivity contribution >= 4 is 5.91 Å². The summed E-state index contributed by atoms with van der Waals surface area (Å²) in [6.07, 6.45) is 5.33. The van der Waals surface area contributed by atoms with Crippen molar-refractivity contribution in [2.75, 3.05) is 19.7 Å². The summed E-state index contributed by atoms with van der Waals surface area (Å²) in [5.74, 6) is -0.314. The average Bonchev–Trinajstić information content (AvgIpc) is 2.49. The van der Waals surface area contributed by atoms with Gasteiger partial charge < -0.3 is 9.64 Å². The molecule has 1 amide bonds. The highest BCUT2D eigenvalue weighted by Gasteiger charge is 2.38. The summed E-state index contributed by atoms with van der Waals surface area (Å²) in [6, 6.07) is 5.78. The molecule has 0 saturated carbocycles. The second-order valence-electron chi connectivity index (χ2n) is 5.79. The van der Waals surface area contributed by atoms with Crippen molar-refractivity contribution in [1.29, 1.82) is 0 Å². The Balaban J connectivity index is 1.62. The maximum Gasteiger partial charge on any atom is 0.253 e. The Morgan fingerprint density at radius 3 is 2.40 bits per heavy atom. The van der Waals surface area contributed by atoms with Crippen LogP contribution in [-0.4, -0.2) is 36.1 Å². The van der Waals surface area contributed by atoms with Gasteiger partial charge in [-0.2, -0.15) is 0 Å². The first kappa shape index (κ1) is 13.6. The van der Waals surface area contributed by atoms with Crippen LogP contribution in [0.25, 0.3) is 0 Å². The highest BCUT2D eigenvalue weighted by Crippen LogP contribution is 2.35. The van der Waals surface area contributed by atoms with Crippen molar-refractivity contribution in [3.63, 3.8) is 0 Å². The van der Waals surface area contributed by atoms with Gasteiger partial charge in [0.2, 0.25) is 0 Å². The summed E-state index contributed by atoms with van der Waals surface area (Å²) in [5.41, 5.74) is 0.574. The maximum absolute atomic E-state index is 12.9. The number of hydrogen-bond acceptors (Lipinski definition) is 2. The normalized spacial score (nSPS) is 21.9. The van der Waals surface area contributed by atoms with Gasteiger partial charge in [-0.15, -0.1) is 0 Å². The highest BCUT2D eigenvalue weighted by molar-refractivity contribution is 5.94. The fraction of sp³-hybridized carbons (Fsp3) is 0.562. The minimum absolute atomic E-state index is 0.00402. The number of nitrogens with zero attached hydrogens (tertiary/aromatic N) is 1. The number of halogens is 1. The van der Waals surface area contributed by atoms with E-state index >= 15 is 0 Å². The van der Waals surface area contributed by atoms with E-state index in [-0.39, 0.29) is 17.3 Å². The lowest BCUT2D eigenvalue weighted by molar-refractivity contribution is -0.107. The number of piperidine rings is 1. The van der Waals surface area contributed by atoms with E-state index in [0.717, 1.165) is 45.4 Å². The fourth-order valence-corrected chi connectivity index (χ4v) is 3.20. The van der Waals surface area contributed by atoms with Crippen LogP contribution < -0.4 is 0 Å². The van der Waals surface area contributed by atoms with Gasteiger partial charge in [-0.3, -0.25) is 4.79 Å². The van der Waals surface area contributed by atoms with Crippen LogP contribution >= 0.6 is 0 Å². The van der Waals surface area contributed by atoms with Crippen molar-refractivity contribution < 1.29 is 13.9 Å². The van der Waals surface area contributed by atoms with Gasteiger partial charge in [0.1, 0.15) is 5.82 Å². The Kier molecular flexibility index (Phi) is 3.74. The zero-order valence-electron chi connectivity index (χ0n) is 11.6. The molecule has 1 aromatic rings. The molecule has 1 spiro atoms. The minimum Gasteiger partial charge on any atom is -0.375 e. The maximum atomic E-state index is 12.9. The van der Waals surface area contributed by atoms with Crippen molar-refractivity contribution in [3.8, 4) is 0 Å². The Hall–Kier alpha value is -1.42. The molecule has 2 fully saturated rings. The monoisotopic (exact) mass is 277 g/mol. The van der Waals surface area contributed by atoms with Crippen molar-refractivity contribution in [2.24, 2.45) is 0 Å². The van der Waals surface area contributed by atoms with E-state index in [1.807, 2.05) is 4.90 Å². The molecule has 2 aliphatic rings. The molecule has 0 N–H and O–H groups in total. The van der Waals surface area contributed by atoms with Crippen LogP contribution in [0.3, 0.4) is 0 Å². The number of ether oxygens (including phenoxy) is 1. The van der Waals surface area contributed by atoms with Crippen molar-refractivity contribution in [2.45, 2.75) is 37.7 Å². The number of hydrogen-bond donors (Lipinski definition) is 0. The summed E-state index contributed by atoms with van der Waals surface area (Å²) in [6.45, 7) is 2.32. The van der Waals surface area contributed by atoms with Crippen LogP contribution in [0.4, 0.5) is 4.39 Å². The summed E-state index contributed by atoms with van der Waals surface area (Å²) in [4.78, 5) is 14.2. The van der Waals surface area contributed by atoms with Gasteiger partial charge in [-0.25, -0.2) is 4.39 Å². The Bertz CT molecular complexity index is 470. The van der Waals surface area contributed by atoms with Crippen LogP contribution in [0.15, 0.2) is 24.3 Å². The second-order valence-corrected chi connectivity index (χ2v) is 5.79. The molecule has 2 saturated heterocycles. The molecule has 0 aromatic heterocycles. The Morgan fingerprint density at radius 1 is 1.10 bits per heavy atom. The molecule has 20 heavy (non-hydrogen) atoms. The molecule has 4 heteroatoms. The molecule has 2 heterocycles. The third kappa shape index (κ3) is 2.70. The first-order valence-corrected chi connectivity index (χ1v) is 7.37. The van der Waals surface area contributed by atoms with Gasteiger partial charge >= 0.3 is 0 Å². The molecular weight excluding hydrogens is 257 g/mol. The van der Waals surface area contributed by atoms with Gasteiger partial charge in [-0.05, 0) is 56.4 Å². The van der Waals surface area contributed by atoms with E-state index in [2.05, 4.69) is 0 Å². The SMILES string of the molecule is O=C(c1ccc(F)cc1)N1CCC2(CCCCO2)CC1. The standard InChI is InChI=1S/C16H20FNO2/c17-14-5-3-13(4-6-14)15(19)18-10-8-16(9-11-18)7-1-2-12-20-16/h3-6H,1-2,7-12H2. The molecule has 1 aromatic carbocycles. The lowest BCUT2D eigenvalue weighted by Gasteiger charge is -2.44. The third-order valence-electron chi connectivity index (χ3n) is 4.49. The summed E-state index contributed by atoms with van der Waals surface area (Å²) in [5, 5.41) is 0. The smallest absolute Gasteiger partial charge is 0.253 e. The van der Waals surface area contributed by atoms with E-state index < -0.39 is 0 Å². The van der Waals surface area contributed by atoms with Gasteiger partial charge in [0.25, 0.3) is 5.91 Å². The van der Waals surface area contributed by atoms with Gasteiger partial charge in [0.05, 0.1) is 5.60 Å². The number of amides is 1. The quantitative estimate of drug-likeness (QED) is 0.789. The first-order chi connectivity index (χ1) is 9.69. The summed E-state index contributed by atoms with van der Waals surface area (Å²) < 4.78 is 18.9. The molecule has 0 radical (unpaired) electrons. The molecule has 3 nitrogen and oxygen atoms in total. The predicted molar refractivity (Wildman–Crippen MR) is 74.1 cm³/mol. The van der Waals surface area contributed by atoms with Crippen molar-refractivity contribution in [3.05, 3.63) is 35.6 Å². The minimum atomic E-state index is -0.310. The van der Waals surface area contributed by atoms with Crippen LogP contribution in [0, 0.1) is 5.82 Å². The van der Waals surface area contributed by atoms with Crippen LogP contribution in [0.2, 0.25) is 0 Å². The summed E-state index contributed by atoms with van der Waals surface area (Å²) in [7, 11) is 0. The molecule has 0 unspecified atom stereocenters. The number of carbonyl (C=O) groups is 1. The predicted octanol–water partition coefficient (Wildman–Crippen LogP) is 3.00. The average molecular weight is 277 g/mol. The molecule has 108 valence electrons. The Labute approximate surface area is 118 Å². The van der Waals surface area contributed by atoms with Crippen LogP contribution in [-0.2, 0) is 4.74 Å². The molecule has 2 aliphatic heterocycles. The number of rotatable bonds is 1. The Morgan fingerprint density at radius 2 is 1.80 bits per heavy atom. The fourth-order valence-electron chi connectivity index (χ4n) is 3.20. The molecule has 0 bridgehead atoms. The lowest BCUT2D eigenvalue weighted by Crippen LogP contribution is -2.49. The van der Waals surface area contributed by atoms with Crippen LogP contribution in [0.5, 0.6) is 0 Å². The zero-order chi connectivity index (χ0) is 14.0. The van der Waals surface area contributed by atoms with E-state index in [9.17, 15) is 9.18 Å². The van der Waals surface area contributed by atoms with E-state index in [0.29, 0.717) is 5.56 Å². The number of benzene rings is 1. The number of carbonyl (C=O) groups excluding carboxylic acids is 1. The lowest BCUT2D eigenvalue weighted by atomic mass is 9.84. The zero-order valence-corrected chi connectivity index (χ0v) is 11.6. The summed E-state index contributed by atoms with van der Waals surface area (Å²) >= 11 is 0. The van der Waals surface area contributed by atoms with E-state index in [1.165, 1.54) is 18.6 Å². The highest BCUT2D eigenvalue weighted by atomic mass is 19.1. The van der Waals surface area contributed by atoms with Crippen molar-refractivity contribution in [1.82, 2.24) is 4.90 Å². The van der Waals surface area contributed by atoms with Gasteiger partial charge in [0, 0.05) is 25.3 Å². The third-order valence-corrected chi connectivity index (χ3v) is 4.49. The second kappa shape index (κ2) is 5.52. The largest absolute Gasteiger partial charge is 0.375 e. The number of likely N-dealkylation sites (tertiary alicyclic amines) is 1. The molecule has 0 atom stereocenters. The molecule has 0 aliphatic carbocycles. The van der Waals surface area contributed by atoms with Crippen LogP contribution in [0.1, 0.15) is 42.5 Å². The molecule has 3 rings (SSSR count). The topological polar surface area (TPSA) is 29.5 Å². The van der Waals surface area contributed by atoms with E-state index in [4.69, 9.17) is 4.74 Å². The van der Waals surface area contributed by atoms with E-state index in [1.54, 1.807) is 12.1 Å². The van der Waals surface area contributed by atoms with Gasteiger partial charge in [-0.1, -0.05) is 0 Å². The molecular formula is C16H20FNO2.